The second-order valence-corrected chi connectivity index (χ2v) is 8.91. The SMILES string of the molecule is CCC(C)(SC(C)(CC)C(=[N+]=[N-])c1ccccc1)C(=[N+]=[N-])c1ccccc1. The molecule has 0 amide bonds. The fraction of sp³-hybridized carbons (Fsp3) is 0.364. The minimum absolute atomic E-state index is 0.467. The largest absolute Gasteiger partial charge is 0.361 e. The van der Waals surface area contributed by atoms with Crippen molar-refractivity contribution in [2.75, 3.05) is 0 Å². The highest BCUT2D eigenvalue weighted by Crippen LogP contribution is 2.44. The summed E-state index contributed by atoms with van der Waals surface area (Å²) < 4.78 is -0.933. The number of rotatable bonds is 8. The van der Waals surface area contributed by atoms with Crippen LogP contribution in [-0.2, 0) is 0 Å². The van der Waals surface area contributed by atoms with Crippen LogP contribution in [0.1, 0.15) is 51.7 Å². The van der Waals surface area contributed by atoms with Crippen LogP contribution in [0.2, 0.25) is 0 Å². The standard InChI is InChI=1S/C22H26N4S/c1-5-21(3,19(25-23)17-13-9-7-10-14-17)27-22(4,6-2)20(26-24)18-15-11-8-12-16-18/h7-16H,5-6H2,1-4H3. The van der Waals surface area contributed by atoms with E-state index in [0.29, 0.717) is 11.4 Å². The van der Waals surface area contributed by atoms with Gasteiger partial charge in [0.1, 0.15) is 9.49 Å². The lowest BCUT2D eigenvalue weighted by atomic mass is 9.94. The van der Waals surface area contributed by atoms with Crippen LogP contribution in [0.4, 0.5) is 0 Å². The zero-order valence-corrected chi connectivity index (χ0v) is 17.2. The van der Waals surface area contributed by atoms with Crippen molar-refractivity contribution in [2.24, 2.45) is 0 Å². The van der Waals surface area contributed by atoms with Crippen molar-refractivity contribution in [3.05, 3.63) is 82.9 Å². The van der Waals surface area contributed by atoms with E-state index >= 15 is 0 Å². The minimum atomic E-state index is -0.467. The summed E-state index contributed by atoms with van der Waals surface area (Å²) in [4.78, 5) is 7.34. The third-order valence-corrected chi connectivity index (χ3v) is 6.96. The quantitative estimate of drug-likeness (QED) is 0.340. The molecule has 27 heavy (non-hydrogen) atoms. The van der Waals surface area contributed by atoms with Crippen molar-refractivity contribution in [2.45, 2.75) is 50.0 Å². The zero-order chi connectivity index (χ0) is 19.9. The molecule has 140 valence electrons. The minimum Gasteiger partial charge on any atom is -0.361 e. The van der Waals surface area contributed by atoms with Gasteiger partial charge in [-0.3, -0.25) is 0 Å². The molecular formula is C22H26N4S. The maximum absolute atomic E-state index is 9.82. The van der Waals surface area contributed by atoms with Gasteiger partial charge < -0.3 is 11.1 Å². The Morgan fingerprint density at radius 2 is 1.07 bits per heavy atom. The van der Waals surface area contributed by atoms with Crippen molar-refractivity contribution in [1.29, 1.82) is 0 Å². The first kappa shape index (κ1) is 20.9. The Labute approximate surface area is 165 Å². The molecule has 2 aromatic carbocycles. The second kappa shape index (κ2) is 8.96. The van der Waals surface area contributed by atoms with Crippen molar-refractivity contribution >= 4 is 23.2 Å². The number of nitrogens with zero attached hydrogens (tertiary/aromatic N) is 4. The molecule has 0 radical (unpaired) electrons. The highest BCUT2D eigenvalue weighted by Gasteiger charge is 2.48. The van der Waals surface area contributed by atoms with E-state index in [2.05, 4.69) is 37.3 Å². The molecule has 4 nitrogen and oxygen atoms in total. The Bertz CT molecular complexity index is 794. The molecule has 0 saturated heterocycles. The lowest BCUT2D eigenvalue weighted by Crippen LogP contribution is -2.43. The number of hydrogen-bond donors (Lipinski definition) is 0. The van der Waals surface area contributed by atoms with Gasteiger partial charge in [-0.25, -0.2) is 0 Å². The summed E-state index contributed by atoms with van der Waals surface area (Å²) in [7, 11) is 0. The molecule has 0 saturated carbocycles. The topological polar surface area (TPSA) is 72.8 Å². The van der Waals surface area contributed by atoms with Crippen LogP contribution >= 0.6 is 11.8 Å². The predicted octanol–water partition coefficient (Wildman–Crippen LogP) is 5.50. The van der Waals surface area contributed by atoms with Gasteiger partial charge in [-0.2, -0.15) is 9.58 Å². The van der Waals surface area contributed by atoms with Gasteiger partial charge in [0.2, 0.25) is 0 Å². The summed E-state index contributed by atoms with van der Waals surface area (Å²) >= 11 is 1.67. The van der Waals surface area contributed by atoms with E-state index in [1.807, 2.05) is 60.7 Å². The summed E-state index contributed by atoms with van der Waals surface area (Å²) in [6, 6.07) is 19.4. The molecule has 0 heterocycles. The van der Waals surface area contributed by atoms with E-state index in [1.54, 1.807) is 11.8 Å². The molecule has 2 rings (SSSR count). The van der Waals surface area contributed by atoms with Crippen LogP contribution in [-0.4, -0.2) is 30.5 Å². The van der Waals surface area contributed by atoms with Crippen molar-refractivity contribution in [3.8, 4) is 0 Å². The molecule has 0 aliphatic heterocycles. The number of thioether (sulfide) groups is 1. The molecule has 0 spiro atoms. The summed E-state index contributed by atoms with van der Waals surface area (Å²) in [5.41, 5.74) is 22.7. The maximum atomic E-state index is 9.82. The Morgan fingerprint density at radius 1 is 0.741 bits per heavy atom. The fourth-order valence-electron chi connectivity index (χ4n) is 3.20. The molecule has 0 aliphatic carbocycles. The van der Waals surface area contributed by atoms with Crippen LogP contribution < -0.4 is 0 Å². The molecule has 0 fully saturated rings. The fourth-order valence-corrected chi connectivity index (χ4v) is 5.00. The van der Waals surface area contributed by atoms with Crippen molar-refractivity contribution < 1.29 is 9.58 Å². The molecule has 5 heteroatoms. The first-order valence-electron chi connectivity index (χ1n) is 9.20. The van der Waals surface area contributed by atoms with E-state index in [-0.39, 0.29) is 0 Å². The lowest BCUT2D eigenvalue weighted by Gasteiger charge is -2.33. The van der Waals surface area contributed by atoms with Crippen LogP contribution in [0.15, 0.2) is 60.7 Å². The van der Waals surface area contributed by atoms with Crippen molar-refractivity contribution in [3.63, 3.8) is 0 Å². The average Bonchev–Trinajstić information content (AvgIpc) is 2.70. The van der Waals surface area contributed by atoms with Gasteiger partial charge in [0.25, 0.3) is 0 Å². The normalized spacial score (nSPS) is 15.0. The molecule has 2 atom stereocenters. The lowest BCUT2D eigenvalue weighted by molar-refractivity contribution is -0.0101. The first-order chi connectivity index (χ1) is 12.9. The van der Waals surface area contributed by atoms with E-state index in [1.165, 1.54) is 0 Å². The van der Waals surface area contributed by atoms with Crippen LogP contribution in [0.5, 0.6) is 0 Å². The third kappa shape index (κ3) is 4.45. The smallest absolute Gasteiger partial charge is 0.314 e. The zero-order valence-electron chi connectivity index (χ0n) is 16.4. The summed E-state index contributed by atoms with van der Waals surface area (Å²) in [6.07, 6.45) is 1.52. The van der Waals surface area contributed by atoms with Gasteiger partial charge in [-0.1, -0.05) is 50.2 Å². The predicted molar refractivity (Wildman–Crippen MR) is 113 cm³/mol. The van der Waals surface area contributed by atoms with Crippen LogP contribution in [0, 0.1) is 0 Å². The number of benzene rings is 2. The Morgan fingerprint density at radius 3 is 1.33 bits per heavy atom. The molecule has 2 aromatic rings. The highest BCUT2D eigenvalue weighted by molar-refractivity contribution is 8.03. The first-order valence-corrected chi connectivity index (χ1v) is 10.0. The molecule has 0 aliphatic rings. The molecule has 2 unspecified atom stereocenters. The Hall–Kier alpha value is -2.45. The third-order valence-electron chi connectivity index (χ3n) is 5.10. The Balaban J connectivity index is 2.50. The van der Waals surface area contributed by atoms with Gasteiger partial charge >= 0.3 is 11.4 Å². The molecular weight excluding hydrogens is 352 g/mol. The van der Waals surface area contributed by atoms with Crippen LogP contribution in [0.3, 0.4) is 0 Å². The maximum Gasteiger partial charge on any atom is 0.314 e. The van der Waals surface area contributed by atoms with Gasteiger partial charge in [0, 0.05) is 0 Å². The van der Waals surface area contributed by atoms with E-state index in [4.69, 9.17) is 0 Å². The number of hydrogen-bond acceptors (Lipinski definition) is 1. The van der Waals surface area contributed by atoms with Crippen molar-refractivity contribution in [1.82, 2.24) is 0 Å². The summed E-state index contributed by atoms with van der Waals surface area (Å²) in [5.74, 6) is 0. The summed E-state index contributed by atoms with van der Waals surface area (Å²) in [6.45, 7) is 8.31. The molecule has 0 N–H and O–H groups in total. The van der Waals surface area contributed by atoms with Gasteiger partial charge in [0.15, 0.2) is 0 Å². The summed E-state index contributed by atoms with van der Waals surface area (Å²) in [5, 5.41) is 0. The molecule has 0 bridgehead atoms. The van der Waals surface area contributed by atoms with E-state index in [0.717, 1.165) is 24.0 Å². The van der Waals surface area contributed by atoms with Gasteiger partial charge in [-0.05, 0) is 51.0 Å². The van der Waals surface area contributed by atoms with Crippen LogP contribution in [0.25, 0.3) is 11.1 Å². The van der Waals surface area contributed by atoms with E-state index < -0.39 is 9.49 Å². The van der Waals surface area contributed by atoms with Gasteiger partial charge in [-0.15, -0.1) is 11.8 Å². The molecule has 0 aromatic heterocycles. The monoisotopic (exact) mass is 378 g/mol. The second-order valence-electron chi connectivity index (χ2n) is 6.90. The van der Waals surface area contributed by atoms with E-state index in [9.17, 15) is 11.1 Å². The highest BCUT2D eigenvalue weighted by atomic mass is 32.2. The Kier molecular flexibility index (Phi) is 6.92. The van der Waals surface area contributed by atoms with Gasteiger partial charge in [0.05, 0.1) is 11.1 Å². The average molecular weight is 379 g/mol.